The summed E-state index contributed by atoms with van der Waals surface area (Å²) < 4.78 is 13.2. The van der Waals surface area contributed by atoms with Crippen LogP contribution in [0.5, 0.6) is 0 Å². The van der Waals surface area contributed by atoms with Gasteiger partial charge in [0.1, 0.15) is 5.60 Å². The molecule has 5 rings (SSSR count). The van der Waals surface area contributed by atoms with E-state index in [9.17, 15) is 0 Å². The van der Waals surface area contributed by atoms with Crippen molar-refractivity contribution in [1.82, 2.24) is 0 Å². The van der Waals surface area contributed by atoms with E-state index in [1.807, 2.05) is 0 Å². The largest absolute Gasteiger partial charge is 0.378 e. The van der Waals surface area contributed by atoms with Crippen LogP contribution in [-0.4, -0.2) is 24.4 Å². The van der Waals surface area contributed by atoms with Crippen LogP contribution in [0.15, 0.2) is 0 Å². The molecule has 4 saturated carbocycles. The van der Waals surface area contributed by atoms with Crippen LogP contribution in [-0.2, 0) is 9.47 Å². The lowest BCUT2D eigenvalue weighted by molar-refractivity contribution is -0.125. The molecule has 35 heavy (non-hydrogen) atoms. The Kier molecular flexibility index (Phi) is 7.76. The number of epoxide rings is 1. The number of rotatable bonds is 11. The Labute approximate surface area is 218 Å². The lowest BCUT2D eigenvalue weighted by atomic mass is 9.44. The minimum Gasteiger partial charge on any atom is -0.378 e. The molecule has 1 aliphatic heterocycles. The molecule has 1 saturated heterocycles. The zero-order chi connectivity index (χ0) is 24.8. The van der Waals surface area contributed by atoms with Crippen LogP contribution in [0.2, 0.25) is 0 Å². The highest BCUT2D eigenvalue weighted by Crippen LogP contribution is 2.74. The predicted molar refractivity (Wildman–Crippen MR) is 146 cm³/mol. The second-order valence-electron chi connectivity index (χ2n) is 14.9. The van der Waals surface area contributed by atoms with Gasteiger partial charge in [0, 0.05) is 18.4 Å². The van der Waals surface area contributed by atoms with Crippen molar-refractivity contribution in [3.05, 3.63) is 0 Å². The van der Waals surface area contributed by atoms with Crippen LogP contribution in [0.1, 0.15) is 138 Å². The fourth-order valence-electron chi connectivity index (χ4n) is 10.6. The van der Waals surface area contributed by atoms with Gasteiger partial charge in [0.25, 0.3) is 0 Å². The van der Waals surface area contributed by atoms with E-state index < -0.39 is 0 Å². The van der Waals surface area contributed by atoms with Crippen molar-refractivity contribution in [3.8, 4) is 0 Å². The van der Waals surface area contributed by atoms with Gasteiger partial charge in [-0.25, -0.2) is 0 Å². The Balaban J connectivity index is 1.22. The van der Waals surface area contributed by atoms with E-state index in [0.29, 0.717) is 23.0 Å². The highest BCUT2D eigenvalue weighted by atomic mass is 16.6. The fourth-order valence-corrected chi connectivity index (χ4v) is 10.6. The quantitative estimate of drug-likeness (QED) is 0.214. The van der Waals surface area contributed by atoms with Crippen molar-refractivity contribution in [1.29, 1.82) is 0 Å². The number of ether oxygens (including phenoxy) is 2. The number of unbranched alkanes of at least 4 members (excludes halogenated alkanes) is 3. The van der Waals surface area contributed by atoms with Crippen LogP contribution in [0.25, 0.3) is 0 Å². The average molecular weight is 487 g/mol. The molecule has 0 unspecified atom stereocenters. The van der Waals surface area contributed by atoms with E-state index in [-0.39, 0.29) is 5.60 Å². The first-order valence-electron chi connectivity index (χ1n) is 16.0. The van der Waals surface area contributed by atoms with Crippen LogP contribution in [0.3, 0.4) is 0 Å². The normalized spacial score (nSPS) is 47.1. The molecular weight excluding hydrogens is 428 g/mol. The summed E-state index contributed by atoms with van der Waals surface area (Å²) in [6.07, 6.45) is 21.6. The fraction of sp³-hybridized carbons (Fsp3) is 1.00. The second kappa shape index (κ2) is 10.2. The molecule has 0 amide bonds. The van der Waals surface area contributed by atoms with Gasteiger partial charge >= 0.3 is 0 Å². The van der Waals surface area contributed by atoms with Gasteiger partial charge in [-0.15, -0.1) is 0 Å². The highest BCUT2D eigenvalue weighted by Gasteiger charge is 2.76. The summed E-state index contributed by atoms with van der Waals surface area (Å²) >= 11 is 0. The van der Waals surface area contributed by atoms with E-state index in [0.717, 1.165) is 42.1 Å². The minimum atomic E-state index is 0.163. The Bertz CT molecular complexity index is 718. The van der Waals surface area contributed by atoms with Crippen LogP contribution in [0, 0.1) is 46.3 Å². The first-order chi connectivity index (χ1) is 16.7. The third-order valence-corrected chi connectivity index (χ3v) is 12.6. The van der Waals surface area contributed by atoms with Gasteiger partial charge in [-0.05, 0) is 92.3 Å². The van der Waals surface area contributed by atoms with E-state index in [1.165, 1.54) is 96.3 Å². The Hall–Kier alpha value is -0.0800. The molecule has 0 radical (unpaired) electrons. The molecule has 0 bridgehead atoms. The van der Waals surface area contributed by atoms with Crippen LogP contribution in [0.4, 0.5) is 0 Å². The van der Waals surface area contributed by atoms with E-state index in [2.05, 4.69) is 41.5 Å². The zero-order valence-corrected chi connectivity index (χ0v) is 24.2. The molecule has 202 valence electrons. The van der Waals surface area contributed by atoms with Gasteiger partial charge in [-0.3, -0.25) is 0 Å². The number of hydrogen-bond donors (Lipinski definition) is 0. The number of fused-ring (bicyclic) bond motifs is 4. The van der Waals surface area contributed by atoms with Gasteiger partial charge in [0.2, 0.25) is 0 Å². The van der Waals surface area contributed by atoms with Gasteiger partial charge in [-0.2, -0.15) is 0 Å². The highest BCUT2D eigenvalue weighted by molar-refractivity contribution is 5.24. The SMILES string of the molecule is CCCCCCO[C@H]1CC[C@]2(C)[C@H]3CC[C@]4(C)[C@@H]([C@H](C)CCCC(C)C)CC[C@H]4[C@@H]3C[C@@H]3O[C@@]32C1. The second-order valence-corrected chi connectivity index (χ2v) is 14.9. The summed E-state index contributed by atoms with van der Waals surface area (Å²) in [5, 5.41) is 0. The van der Waals surface area contributed by atoms with Gasteiger partial charge < -0.3 is 9.47 Å². The monoisotopic (exact) mass is 486 g/mol. The van der Waals surface area contributed by atoms with Gasteiger partial charge in [0.05, 0.1) is 12.2 Å². The van der Waals surface area contributed by atoms with Crippen molar-refractivity contribution in [2.75, 3.05) is 6.61 Å². The molecule has 1 spiro atoms. The maximum atomic E-state index is 6.79. The first kappa shape index (κ1) is 26.5. The summed E-state index contributed by atoms with van der Waals surface area (Å²) in [6, 6.07) is 0. The third kappa shape index (κ3) is 4.57. The molecule has 5 aliphatic rings. The smallest absolute Gasteiger partial charge is 0.103 e. The maximum Gasteiger partial charge on any atom is 0.103 e. The van der Waals surface area contributed by atoms with Crippen molar-refractivity contribution in [2.45, 2.75) is 156 Å². The molecule has 0 aromatic rings. The summed E-state index contributed by atoms with van der Waals surface area (Å²) in [7, 11) is 0. The zero-order valence-electron chi connectivity index (χ0n) is 24.2. The Morgan fingerprint density at radius 2 is 1.71 bits per heavy atom. The standard InChI is InChI=1S/C33H58O2/c1-7-8-9-10-20-34-25-16-19-32(6)29-17-18-31(5)27(24(4)13-11-12-23(2)3)14-15-28(31)26(29)21-30-33(32,22-25)35-30/h23-30H,7-22H2,1-6H3/t24-,25+,26+,27-,28+,29+,30+,31-,32-,33+/m1/s1. The molecular formula is C33H58O2. The average Bonchev–Trinajstić information content (AvgIpc) is 3.39. The van der Waals surface area contributed by atoms with Crippen molar-refractivity contribution in [2.24, 2.45) is 46.3 Å². The van der Waals surface area contributed by atoms with Crippen molar-refractivity contribution < 1.29 is 9.47 Å². The molecule has 0 aromatic carbocycles. The van der Waals surface area contributed by atoms with Crippen LogP contribution >= 0.6 is 0 Å². The van der Waals surface area contributed by atoms with Gasteiger partial charge in [-0.1, -0.05) is 80.1 Å². The van der Waals surface area contributed by atoms with E-state index >= 15 is 0 Å². The Morgan fingerprint density at radius 3 is 2.49 bits per heavy atom. The third-order valence-electron chi connectivity index (χ3n) is 12.6. The van der Waals surface area contributed by atoms with Crippen LogP contribution < -0.4 is 0 Å². The first-order valence-corrected chi connectivity index (χ1v) is 16.0. The predicted octanol–water partition coefficient (Wildman–Crippen LogP) is 9.20. The summed E-state index contributed by atoms with van der Waals surface area (Å²) in [4.78, 5) is 0. The summed E-state index contributed by atoms with van der Waals surface area (Å²) in [6.45, 7) is 16.0. The Morgan fingerprint density at radius 1 is 0.886 bits per heavy atom. The molecule has 0 N–H and O–H groups in total. The molecule has 5 fully saturated rings. The molecule has 10 atom stereocenters. The minimum absolute atomic E-state index is 0.163. The topological polar surface area (TPSA) is 21.8 Å². The molecule has 4 aliphatic carbocycles. The van der Waals surface area contributed by atoms with Gasteiger partial charge in [0.15, 0.2) is 0 Å². The maximum absolute atomic E-state index is 6.79. The molecule has 0 aromatic heterocycles. The lowest BCUT2D eigenvalue weighted by Gasteiger charge is -2.59. The summed E-state index contributed by atoms with van der Waals surface area (Å²) in [5.74, 6) is 5.47. The number of hydrogen-bond acceptors (Lipinski definition) is 2. The van der Waals surface area contributed by atoms with Crippen molar-refractivity contribution in [3.63, 3.8) is 0 Å². The van der Waals surface area contributed by atoms with E-state index in [1.54, 1.807) is 0 Å². The molecule has 2 heteroatoms. The molecule has 2 nitrogen and oxygen atoms in total. The molecule has 1 heterocycles. The van der Waals surface area contributed by atoms with E-state index in [4.69, 9.17) is 9.47 Å². The lowest BCUT2D eigenvalue weighted by Crippen LogP contribution is -2.58. The summed E-state index contributed by atoms with van der Waals surface area (Å²) in [5.41, 5.74) is 1.14. The van der Waals surface area contributed by atoms with Crippen molar-refractivity contribution >= 4 is 0 Å².